The molecule has 0 aliphatic heterocycles. The number of carbonyl (C=O) groups excluding carboxylic acids is 1. The Morgan fingerprint density at radius 2 is 1.81 bits per heavy atom. The topological polar surface area (TPSA) is 58.1 Å². The first kappa shape index (κ1) is 18.9. The zero-order valence-electron chi connectivity index (χ0n) is 15.3. The van der Waals surface area contributed by atoms with Crippen LogP contribution in [-0.2, 0) is 0 Å². The van der Waals surface area contributed by atoms with Gasteiger partial charge in [0, 0.05) is 12.7 Å². The molecular weight excluding hydrogens is 360 g/mol. The maximum absolute atomic E-state index is 12.9. The number of nitrogens with zero attached hydrogens (tertiary/aromatic N) is 3. The Bertz CT molecular complexity index is 917. The fraction of sp³-hybridized carbons (Fsp3) is 0.190. The number of benzene rings is 2. The van der Waals surface area contributed by atoms with Gasteiger partial charge in [-0.1, -0.05) is 54.1 Å². The molecular formula is C21H21ClN4O. The smallest absolute Gasteiger partial charge is 0.260 e. The van der Waals surface area contributed by atoms with E-state index in [1.54, 1.807) is 41.4 Å². The number of aromatic nitrogens is 2. The average Bonchev–Trinajstić information content (AvgIpc) is 2.70. The minimum absolute atomic E-state index is 0.0378. The van der Waals surface area contributed by atoms with E-state index < -0.39 is 0 Å². The van der Waals surface area contributed by atoms with E-state index in [0.29, 0.717) is 28.9 Å². The molecule has 0 bridgehead atoms. The Kier molecular flexibility index (Phi) is 6.04. The number of hydrogen-bond acceptors (Lipinski definition) is 4. The molecule has 2 aromatic carbocycles. The number of hydrogen-bond donors (Lipinski definition) is 1. The molecule has 6 heteroatoms. The monoisotopic (exact) mass is 380 g/mol. The van der Waals surface area contributed by atoms with Gasteiger partial charge in [-0.3, -0.25) is 9.69 Å². The lowest BCUT2D eigenvalue weighted by Crippen LogP contribution is -2.31. The Morgan fingerprint density at radius 3 is 2.52 bits per heavy atom. The van der Waals surface area contributed by atoms with Crippen LogP contribution in [0, 0.1) is 0 Å². The molecule has 0 aliphatic rings. The van der Waals surface area contributed by atoms with Gasteiger partial charge in [-0.25, -0.2) is 4.98 Å². The normalized spacial score (nSPS) is 11.7. The largest absolute Gasteiger partial charge is 0.348 e. The van der Waals surface area contributed by atoms with Gasteiger partial charge in [0.1, 0.15) is 5.82 Å². The highest BCUT2D eigenvalue weighted by molar-refractivity contribution is 6.34. The first-order valence-corrected chi connectivity index (χ1v) is 9.19. The fourth-order valence-corrected chi connectivity index (χ4v) is 2.99. The Balaban J connectivity index is 1.83. The maximum Gasteiger partial charge on any atom is 0.260 e. The zero-order chi connectivity index (χ0) is 19.2. The molecule has 5 nitrogen and oxygen atoms in total. The van der Waals surface area contributed by atoms with Crippen molar-refractivity contribution in [2.24, 2.45) is 0 Å². The van der Waals surface area contributed by atoms with Crippen LogP contribution in [0.2, 0.25) is 5.02 Å². The quantitative estimate of drug-likeness (QED) is 0.655. The van der Waals surface area contributed by atoms with Crippen molar-refractivity contribution in [3.05, 3.63) is 83.0 Å². The summed E-state index contributed by atoms with van der Waals surface area (Å²) >= 11 is 6.18. The lowest BCUT2D eigenvalue weighted by molar-refractivity contribution is 0.0987. The molecule has 0 radical (unpaired) electrons. The standard InChI is InChI=1S/C21H21ClN4O/c1-3-26(20(27)17-11-7-8-12-18(17)22)19-13-14-23-21(25-19)24-15(2)16-9-5-4-6-10-16/h4-15H,3H2,1-2H3,(H,23,24,25)/t15-/m0/s1. The summed E-state index contributed by atoms with van der Waals surface area (Å²) in [7, 11) is 0. The van der Waals surface area contributed by atoms with Crippen molar-refractivity contribution >= 4 is 29.3 Å². The van der Waals surface area contributed by atoms with E-state index in [-0.39, 0.29) is 11.9 Å². The summed E-state index contributed by atoms with van der Waals surface area (Å²) in [6.45, 7) is 4.41. The van der Waals surface area contributed by atoms with Crippen LogP contribution in [0.1, 0.15) is 35.8 Å². The molecule has 138 valence electrons. The van der Waals surface area contributed by atoms with E-state index in [4.69, 9.17) is 11.6 Å². The second kappa shape index (κ2) is 8.64. The summed E-state index contributed by atoms with van der Waals surface area (Å²) in [5.74, 6) is 0.804. The number of rotatable bonds is 6. The van der Waals surface area contributed by atoms with Crippen LogP contribution >= 0.6 is 11.6 Å². The van der Waals surface area contributed by atoms with E-state index in [9.17, 15) is 4.79 Å². The van der Waals surface area contributed by atoms with Crippen molar-refractivity contribution in [2.45, 2.75) is 19.9 Å². The summed E-state index contributed by atoms with van der Waals surface area (Å²) in [5.41, 5.74) is 1.58. The lowest BCUT2D eigenvalue weighted by atomic mass is 10.1. The first-order chi connectivity index (χ1) is 13.1. The maximum atomic E-state index is 12.9. The van der Waals surface area contributed by atoms with Gasteiger partial charge < -0.3 is 5.32 Å². The van der Waals surface area contributed by atoms with E-state index in [1.807, 2.05) is 44.2 Å². The van der Waals surface area contributed by atoms with E-state index in [2.05, 4.69) is 15.3 Å². The predicted molar refractivity (Wildman–Crippen MR) is 109 cm³/mol. The number of halogens is 1. The number of anilines is 2. The van der Waals surface area contributed by atoms with E-state index in [0.717, 1.165) is 5.56 Å². The van der Waals surface area contributed by atoms with Gasteiger partial charge in [0.2, 0.25) is 5.95 Å². The summed E-state index contributed by atoms with van der Waals surface area (Å²) in [6, 6.07) is 18.8. The van der Waals surface area contributed by atoms with Gasteiger partial charge >= 0.3 is 0 Å². The number of nitrogens with one attached hydrogen (secondary N) is 1. The van der Waals surface area contributed by atoms with Gasteiger partial charge in [-0.15, -0.1) is 0 Å². The van der Waals surface area contributed by atoms with E-state index in [1.165, 1.54) is 0 Å². The summed E-state index contributed by atoms with van der Waals surface area (Å²) in [6.07, 6.45) is 1.64. The van der Waals surface area contributed by atoms with Gasteiger partial charge in [0.25, 0.3) is 5.91 Å². The molecule has 1 atom stereocenters. The van der Waals surface area contributed by atoms with Crippen molar-refractivity contribution in [2.75, 3.05) is 16.8 Å². The molecule has 1 N–H and O–H groups in total. The van der Waals surface area contributed by atoms with Gasteiger partial charge in [0.15, 0.2) is 0 Å². The molecule has 27 heavy (non-hydrogen) atoms. The molecule has 1 aromatic heterocycles. The van der Waals surface area contributed by atoms with Crippen molar-refractivity contribution in [1.82, 2.24) is 9.97 Å². The van der Waals surface area contributed by atoms with Crippen LogP contribution in [-0.4, -0.2) is 22.4 Å². The first-order valence-electron chi connectivity index (χ1n) is 8.81. The summed E-state index contributed by atoms with van der Waals surface area (Å²) in [4.78, 5) is 23.3. The van der Waals surface area contributed by atoms with Crippen LogP contribution < -0.4 is 10.2 Å². The highest BCUT2D eigenvalue weighted by atomic mass is 35.5. The average molecular weight is 381 g/mol. The van der Waals surface area contributed by atoms with Crippen LogP contribution in [0.4, 0.5) is 11.8 Å². The summed E-state index contributed by atoms with van der Waals surface area (Å²) in [5, 5.41) is 3.70. The predicted octanol–water partition coefficient (Wildman–Crippen LogP) is 4.97. The second-order valence-corrected chi connectivity index (χ2v) is 6.45. The highest BCUT2D eigenvalue weighted by Gasteiger charge is 2.20. The minimum atomic E-state index is -0.191. The van der Waals surface area contributed by atoms with Crippen LogP contribution in [0.15, 0.2) is 66.9 Å². The number of carbonyl (C=O) groups is 1. The third-order valence-corrected chi connectivity index (χ3v) is 4.56. The van der Waals surface area contributed by atoms with Crippen LogP contribution in [0.5, 0.6) is 0 Å². The zero-order valence-corrected chi connectivity index (χ0v) is 16.0. The third-order valence-electron chi connectivity index (χ3n) is 4.23. The van der Waals surface area contributed by atoms with Crippen molar-refractivity contribution in [3.8, 4) is 0 Å². The van der Waals surface area contributed by atoms with Crippen molar-refractivity contribution in [3.63, 3.8) is 0 Å². The Hall–Kier alpha value is -2.92. The van der Waals surface area contributed by atoms with Crippen LogP contribution in [0.25, 0.3) is 0 Å². The molecule has 3 aromatic rings. The Labute approximate surface area is 164 Å². The lowest BCUT2D eigenvalue weighted by Gasteiger charge is -2.21. The van der Waals surface area contributed by atoms with Gasteiger partial charge in [-0.2, -0.15) is 4.98 Å². The van der Waals surface area contributed by atoms with Gasteiger partial charge in [-0.05, 0) is 37.6 Å². The van der Waals surface area contributed by atoms with Crippen molar-refractivity contribution < 1.29 is 4.79 Å². The number of amides is 1. The second-order valence-electron chi connectivity index (χ2n) is 6.04. The SMILES string of the molecule is CCN(C(=O)c1ccccc1Cl)c1ccnc(N[C@@H](C)c2ccccc2)n1. The molecule has 0 unspecified atom stereocenters. The van der Waals surface area contributed by atoms with Gasteiger partial charge in [0.05, 0.1) is 16.6 Å². The molecule has 0 spiro atoms. The fourth-order valence-electron chi connectivity index (χ4n) is 2.78. The van der Waals surface area contributed by atoms with Crippen LogP contribution in [0.3, 0.4) is 0 Å². The summed E-state index contributed by atoms with van der Waals surface area (Å²) < 4.78 is 0. The molecule has 0 fully saturated rings. The Morgan fingerprint density at radius 1 is 1.11 bits per heavy atom. The van der Waals surface area contributed by atoms with Crippen molar-refractivity contribution in [1.29, 1.82) is 0 Å². The highest BCUT2D eigenvalue weighted by Crippen LogP contribution is 2.22. The minimum Gasteiger partial charge on any atom is -0.348 e. The molecule has 0 saturated carbocycles. The molecule has 0 aliphatic carbocycles. The molecule has 3 rings (SSSR count). The molecule has 0 saturated heterocycles. The molecule has 1 amide bonds. The van der Waals surface area contributed by atoms with E-state index >= 15 is 0 Å². The molecule has 1 heterocycles. The third kappa shape index (κ3) is 4.44.